The van der Waals surface area contributed by atoms with Crippen molar-refractivity contribution in [3.63, 3.8) is 0 Å². The fraction of sp³-hybridized carbons (Fsp3) is 0.222. The third-order valence-electron chi connectivity index (χ3n) is 5.92. The van der Waals surface area contributed by atoms with Gasteiger partial charge in [-0.25, -0.2) is 4.79 Å². The van der Waals surface area contributed by atoms with Crippen molar-refractivity contribution >= 4 is 23.7 Å². The molecule has 7 heteroatoms. The SMILES string of the molecule is CC(CNC(=O)OCC1c2ccccc2-c2ccccc21)C(=O)Nc1ccc(CC(=O)O)cc1. The summed E-state index contributed by atoms with van der Waals surface area (Å²) in [6, 6.07) is 22.9. The van der Waals surface area contributed by atoms with E-state index in [4.69, 9.17) is 9.84 Å². The Bertz CT molecular complexity index is 1160. The Labute approximate surface area is 197 Å². The number of hydrogen-bond acceptors (Lipinski definition) is 4. The Morgan fingerprint density at radius 1 is 0.912 bits per heavy atom. The highest BCUT2D eigenvalue weighted by molar-refractivity contribution is 5.92. The lowest BCUT2D eigenvalue weighted by molar-refractivity contribution is -0.136. The minimum atomic E-state index is -0.912. The van der Waals surface area contributed by atoms with Crippen LogP contribution < -0.4 is 10.6 Å². The summed E-state index contributed by atoms with van der Waals surface area (Å²) in [5.41, 5.74) is 5.81. The van der Waals surface area contributed by atoms with E-state index in [9.17, 15) is 14.4 Å². The van der Waals surface area contributed by atoms with Crippen LogP contribution in [0.5, 0.6) is 0 Å². The highest BCUT2D eigenvalue weighted by atomic mass is 16.5. The second kappa shape index (κ2) is 10.2. The van der Waals surface area contributed by atoms with Crippen LogP contribution in [0.2, 0.25) is 0 Å². The van der Waals surface area contributed by atoms with E-state index in [1.54, 1.807) is 31.2 Å². The van der Waals surface area contributed by atoms with Gasteiger partial charge in [-0.3, -0.25) is 9.59 Å². The topological polar surface area (TPSA) is 105 Å². The largest absolute Gasteiger partial charge is 0.481 e. The van der Waals surface area contributed by atoms with Gasteiger partial charge in [0.2, 0.25) is 5.91 Å². The number of carbonyl (C=O) groups is 3. The van der Waals surface area contributed by atoms with Gasteiger partial charge in [0, 0.05) is 18.2 Å². The van der Waals surface area contributed by atoms with Crippen LogP contribution in [0.25, 0.3) is 11.1 Å². The molecule has 1 atom stereocenters. The van der Waals surface area contributed by atoms with Gasteiger partial charge in [-0.2, -0.15) is 0 Å². The maximum atomic E-state index is 12.4. The predicted octanol–water partition coefficient (Wildman–Crippen LogP) is 4.43. The number of hydrogen-bond donors (Lipinski definition) is 3. The molecule has 4 rings (SSSR count). The van der Waals surface area contributed by atoms with Crippen molar-refractivity contribution in [2.45, 2.75) is 19.3 Å². The first-order chi connectivity index (χ1) is 16.4. The van der Waals surface area contributed by atoms with E-state index in [1.165, 1.54) is 0 Å². The van der Waals surface area contributed by atoms with Gasteiger partial charge < -0.3 is 20.5 Å². The number of benzene rings is 3. The van der Waals surface area contributed by atoms with Crippen LogP contribution in [0.4, 0.5) is 10.5 Å². The average molecular weight is 459 g/mol. The molecule has 0 aliphatic heterocycles. The lowest BCUT2D eigenvalue weighted by Crippen LogP contribution is -2.35. The number of carbonyl (C=O) groups excluding carboxylic acids is 2. The van der Waals surface area contributed by atoms with Crippen molar-refractivity contribution in [2.24, 2.45) is 5.92 Å². The molecule has 1 aliphatic carbocycles. The van der Waals surface area contributed by atoms with Crippen molar-refractivity contribution in [1.82, 2.24) is 5.32 Å². The van der Waals surface area contributed by atoms with Crippen LogP contribution in [0.1, 0.15) is 29.5 Å². The van der Waals surface area contributed by atoms with E-state index in [0.29, 0.717) is 11.3 Å². The van der Waals surface area contributed by atoms with Crippen molar-refractivity contribution < 1.29 is 24.2 Å². The highest BCUT2D eigenvalue weighted by Crippen LogP contribution is 2.44. The van der Waals surface area contributed by atoms with Crippen LogP contribution in [0.3, 0.4) is 0 Å². The Morgan fingerprint density at radius 2 is 1.50 bits per heavy atom. The summed E-state index contributed by atoms with van der Waals surface area (Å²) < 4.78 is 5.50. The number of carboxylic acid groups (broad SMARTS) is 1. The average Bonchev–Trinajstić information content (AvgIpc) is 3.16. The molecule has 0 saturated carbocycles. The fourth-order valence-corrected chi connectivity index (χ4v) is 4.12. The maximum absolute atomic E-state index is 12.4. The molecule has 0 fully saturated rings. The summed E-state index contributed by atoms with van der Waals surface area (Å²) in [5.74, 6) is -1.68. The third kappa shape index (κ3) is 5.26. The van der Waals surface area contributed by atoms with Crippen LogP contribution in [-0.4, -0.2) is 36.2 Å². The van der Waals surface area contributed by atoms with Gasteiger partial charge >= 0.3 is 12.1 Å². The molecule has 1 aliphatic rings. The zero-order valence-electron chi connectivity index (χ0n) is 18.8. The van der Waals surface area contributed by atoms with Gasteiger partial charge in [0.05, 0.1) is 12.3 Å². The van der Waals surface area contributed by atoms with E-state index < -0.39 is 18.0 Å². The Hall–Kier alpha value is -4.13. The number of ether oxygens (including phenoxy) is 1. The fourth-order valence-electron chi connectivity index (χ4n) is 4.12. The minimum absolute atomic E-state index is 0.0250. The number of anilines is 1. The van der Waals surface area contributed by atoms with Crippen LogP contribution in [0.15, 0.2) is 72.8 Å². The number of carboxylic acids is 1. The predicted molar refractivity (Wildman–Crippen MR) is 129 cm³/mol. The Kier molecular flexibility index (Phi) is 6.92. The Balaban J connectivity index is 1.26. The number of alkyl carbamates (subject to hydrolysis) is 1. The van der Waals surface area contributed by atoms with Gasteiger partial charge in [0.1, 0.15) is 6.61 Å². The zero-order valence-corrected chi connectivity index (χ0v) is 18.8. The molecule has 0 heterocycles. The van der Waals surface area contributed by atoms with E-state index in [0.717, 1.165) is 22.3 Å². The molecule has 0 aromatic heterocycles. The first-order valence-corrected chi connectivity index (χ1v) is 11.1. The molecule has 0 radical (unpaired) electrons. The molecular weight excluding hydrogens is 432 g/mol. The molecule has 0 saturated heterocycles. The summed E-state index contributed by atoms with van der Waals surface area (Å²) in [5, 5.41) is 14.3. The standard InChI is InChI=1S/C27H26N2O5/c1-17(26(32)29-19-12-10-18(11-13-19)14-25(30)31)15-28-27(33)34-16-24-22-8-4-2-6-20(22)21-7-3-5-9-23(21)24/h2-13,17,24H,14-16H2,1H3,(H,28,33)(H,29,32)(H,30,31). The molecule has 174 valence electrons. The summed E-state index contributed by atoms with van der Waals surface area (Å²) >= 11 is 0. The molecule has 0 spiro atoms. The van der Waals surface area contributed by atoms with Gasteiger partial charge in [-0.15, -0.1) is 0 Å². The Morgan fingerprint density at radius 3 is 2.09 bits per heavy atom. The molecule has 1 unspecified atom stereocenters. The quantitative estimate of drug-likeness (QED) is 0.463. The molecule has 34 heavy (non-hydrogen) atoms. The van der Waals surface area contributed by atoms with Crippen LogP contribution >= 0.6 is 0 Å². The van der Waals surface area contributed by atoms with E-state index >= 15 is 0 Å². The molecule has 3 aromatic carbocycles. The van der Waals surface area contributed by atoms with Crippen molar-refractivity contribution in [2.75, 3.05) is 18.5 Å². The highest BCUT2D eigenvalue weighted by Gasteiger charge is 2.29. The summed E-state index contributed by atoms with van der Waals surface area (Å²) in [6.45, 7) is 2.04. The van der Waals surface area contributed by atoms with Gasteiger partial charge in [-0.1, -0.05) is 67.6 Å². The van der Waals surface area contributed by atoms with Gasteiger partial charge in [-0.05, 0) is 39.9 Å². The van der Waals surface area contributed by atoms with Crippen molar-refractivity contribution in [3.8, 4) is 11.1 Å². The summed E-state index contributed by atoms with van der Waals surface area (Å²) in [6.07, 6.45) is -0.645. The number of rotatable bonds is 8. The second-order valence-corrected chi connectivity index (χ2v) is 8.36. The number of aliphatic carboxylic acids is 1. The summed E-state index contributed by atoms with van der Waals surface area (Å²) in [7, 11) is 0. The number of amides is 2. The number of nitrogens with one attached hydrogen (secondary N) is 2. The van der Waals surface area contributed by atoms with E-state index in [1.807, 2.05) is 24.3 Å². The first kappa shape index (κ1) is 23.0. The molecular formula is C27H26N2O5. The smallest absolute Gasteiger partial charge is 0.407 e. The third-order valence-corrected chi connectivity index (χ3v) is 5.92. The lowest BCUT2D eigenvalue weighted by atomic mass is 9.98. The van der Waals surface area contributed by atoms with E-state index in [2.05, 4.69) is 34.9 Å². The number of fused-ring (bicyclic) bond motifs is 3. The molecule has 0 bridgehead atoms. The first-order valence-electron chi connectivity index (χ1n) is 11.1. The van der Waals surface area contributed by atoms with Crippen molar-refractivity contribution in [3.05, 3.63) is 89.5 Å². The van der Waals surface area contributed by atoms with Crippen molar-refractivity contribution in [1.29, 1.82) is 0 Å². The minimum Gasteiger partial charge on any atom is -0.481 e. The maximum Gasteiger partial charge on any atom is 0.407 e. The molecule has 7 nitrogen and oxygen atoms in total. The van der Waals surface area contributed by atoms with Crippen LogP contribution in [0, 0.1) is 5.92 Å². The molecule has 3 aromatic rings. The zero-order chi connectivity index (χ0) is 24.1. The summed E-state index contributed by atoms with van der Waals surface area (Å²) in [4.78, 5) is 35.5. The van der Waals surface area contributed by atoms with E-state index in [-0.39, 0.29) is 31.4 Å². The molecule has 2 amide bonds. The normalized spacial score (nSPS) is 12.9. The van der Waals surface area contributed by atoms with Gasteiger partial charge in [0.15, 0.2) is 0 Å². The van der Waals surface area contributed by atoms with Crippen LogP contribution in [-0.2, 0) is 20.7 Å². The molecule has 3 N–H and O–H groups in total. The van der Waals surface area contributed by atoms with Gasteiger partial charge in [0.25, 0.3) is 0 Å². The second-order valence-electron chi connectivity index (χ2n) is 8.36. The lowest BCUT2D eigenvalue weighted by Gasteiger charge is -2.16. The monoisotopic (exact) mass is 458 g/mol.